The lowest BCUT2D eigenvalue weighted by Gasteiger charge is -2.23. The van der Waals surface area contributed by atoms with Gasteiger partial charge in [0.15, 0.2) is 0 Å². The van der Waals surface area contributed by atoms with Crippen LogP contribution in [0.2, 0.25) is 5.02 Å². The molecule has 2 aromatic heterocycles. The number of alkyl halides is 1. The largest absolute Gasteiger partial charge is 0.383 e. The summed E-state index contributed by atoms with van der Waals surface area (Å²) < 4.78 is 57.8. The third-order valence-corrected chi connectivity index (χ3v) is 9.01. The predicted molar refractivity (Wildman–Crippen MR) is 160 cm³/mol. The number of anilines is 2. The lowest BCUT2D eigenvalue weighted by atomic mass is 9.90. The van der Waals surface area contributed by atoms with Crippen molar-refractivity contribution in [3.8, 4) is 11.3 Å². The van der Waals surface area contributed by atoms with E-state index in [0.29, 0.717) is 23.2 Å². The number of aromatic nitrogens is 3. The summed E-state index contributed by atoms with van der Waals surface area (Å²) in [5, 5.41) is 8.68. The Balaban J connectivity index is 1.54. The van der Waals surface area contributed by atoms with Crippen molar-refractivity contribution in [2.45, 2.75) is 50.1 Å². The van der Waals surface area contributed by atoms with Crippen LogP contribution >= 0.6 is 11.6 Å². The van der Waals surface area contributed by atoms with Crippen LogP contribution in [0.15, 0.2) is 59.6 Å². The molecule has 1 atom stereocenters. The second kappa shape index (κ2) is 11.8. The average Bonchev–Trinajstić information content (AvgIpc) is 3.36. The molecule has 0 saturated carbocycles. The molecule has 2 aromatic carbocycles. The van der Waals surface area contributed by atoms with E-state index in [0.717, 1.165) is 35.9 Å². The molecule has 1 aliphatic rings. The fourth-order valence-corrected chi connectivity index (χ4v) is 6.72. The quantitative estimate of drug-likeness (QED) is 0.206. The zero-order valence-electron chi connectivity index (χ0n) is 22.7. The zero-order chi connectivity index (χ0) is 29.3. The molecular weight excluding hydrogens is 570 g/mol. The van der Waals surface area contributed by atoms with Crippen molar-refractivity contribution in [1.29, 1.82) is 0 Å². The highest BCUT2D eigenvalue weighted by Gasteiger charge is 2.25. The summed E-state index contributed by atoms with van der Waals surface area (Å²) in [4.78, 5) is 4.31. The Bertz CT molecular complexity index is 1740. The number of nitrogens with zero attached hydrogens (tertiary/aromatic N) is 3. The van der Waals surface area contributed by atoms with Gasteiger partial charge >= 0.3 is 0 Å². The first-order chi connectivity index (χ1) is 19.6. The Morgan fingerprint density at radius 3 is 2.66 bits per heavy atom. The van der Waals surface area contributed by atoms with E-state index in [1.165, 1.54) is 30.3 Å². The van der Waals surface area contributed by atoms with Gasteiger partial charge in [-0.15, -0.1) is 0 Å². The fourth-order valence-electron chi connectivity index (χ4n) is 5.14. The van der Waals surface area contributed by atoms with Crippen LogP contribution in [0.1, 0.15) is 44.7 Å². The third-order valence-electron chi connectivity index (χ3n) is 7.14. The van der Waals surface area contributed by atoms with Crippen LogP contribution in [0, 0.1) is 5.82 Å². The van der Waals surface area contributed by atoms with Crippen molar-refractivity contribution in [3.05, 3.63) is 71.1 Å². The van der Waals surface area contributed by atoms with E-state index in [4.69, 9.17) is 22.4 Å². The summed E-state index contributed by atoms with van der Waals surface area (Å²) in [6, 6.07) is 10.3. The van der Waals surface area contributed by atoms with Gasteiger partial charge in [-0.05, 0) is 62.9 Å². The smallest absolute Gasteiger partial charge is 0.263 e. The number of sulfonamides is 1. The fraction of sp³-hybridized carbons (Fsp3) is 0.310. The number of nitrogen functional groups attached to an aromatic ring is 1. The Morgan fingerprint density at radius 2 is 2.00 bits per heavy atom. The van der Waals surface area contributed by atoms with E-state index in [9.17, 15) is 12.8 Å². The number of hydrogen-bond acceptors (Lipinski definition) is 6. The molecule has 0 aliphatic heterocycles. The maximum Gasteiger partial charge on any atom is 0.263 e. The molecule has 1 aliphatic carbocycles. The molecule has 0 bridgehead atoms. The van der Waals surface area contributed by atoms with Gasteiger partial charge in [0, 0.05) is 36.0 Å². The van der Waals surface area contributed by atoms with Crippen LogP contribution in [0.5, 0.6) is 0 Å². The highest BCUT2D eigenvalue weighted by Crippen LogP contribution is 2.40. The molecule has 2 heterocycles. The van der Waals surface area contributed by atoms with E-state index in [-0.39, 0.29) is 33.5 Å². The van der Waals surface area contributed by atoms with Gasteiger partial charge in [0.05, 0.1) is 21.6 Å². The molecule has 4 aromatic rings. The Kier molecular flexibility index (Phi) is 8.30. The number of hydrogen-bond donors (Lipinski definition) is 3. The van der Waals surface area contributed by atoms with Gasteiger partial charge in [0.1, 0.15) is 28.9 Å². The number of rotatable bonds is 9. The molecule has 216 valence electrons. The lowest BCUT2D eigenvalue weighted by Crippen LogP contribution is -2.31. The molecule has 1 unspecified atom stereocenters. The van der Waals surface area contributed by atoms with Gasteiger partial charge in [-0.3, -0.25) is 9.40 Å². The number of halogens is 3. The number of allylic oxidation sites excluding steroid dienone is 1. The van der Waals surface area contributed by atoms with E-state index < -0.39 is 22.5 Å². The lowest BCUT2D eigenvalue weighted by molar-refractivity contribution is 0.415. The summed E-state index contributed by atoms with van der Waals surface area (Å²) in [6.07, 6.45) is 6.29. The molecule has 4 N–H and O–H groups in total. The van der Waals surface area contributed by atoms with Crippen LogP contribution in [-0.2, 0) is 10.0 Å². The van der Waals surface area contributed by atoms with Crippen LogP contribution in [0.25, 0.3) is 27.7 Å². The minimum Gasteiger partial charge on any atom is -0.383 e. The predicted octanol–water partition coefficient (Wildman–Crippen LogP) is 6.35. The molecule has 41 heavy (non-hydrogen) atoms. The third kappa shape index (κ3) is 5.79. The van der Waals surface area contributed by atoms with E-state index in [1.54, 1.807) is 18.3 Å². The van der Waals surface area contributed by atoms with Crippen molar-refractivity contribution in [1.82, 2.24) is 20.1 Å². The van der Waals surface area contributed by atoms with E-state index in [1.807, 2.05) is 18.5 Å². The summed E-state index contributed by atoms with van der Waals surface area (Å²) in [5.74, 6) is -0.525. The maximum absolute atomic E-state index is 15.4. The number of fused-ring (bicyclic) bond motifs is 1. The van der Waals surface area contributed by atoms with Crippen LogP contribution in [0.4, 0.5) is 20.3 Å². The van der Waals surface area contributed by atoms with Crippen LogP contribution < -0.4 is 15.8 Å². The molecule has 0 fully saturated rings. The molecule has 12 heteroatoms. The molecule has 0 amide bonds. The van der Waals surface area contributed by atoms with Crippen molar-refractivity contribution >= 4 is 49.6 Å². The minimum atomic E-state index is -4.12. The Hall–Kier alpha value is -3.54. The number of pyridine rings is 1. The van der Waals surface area contributed by atoms with Crippen molar-refractivity contribution in [2.24, 2.45) is 0 Å². The first-order valence-electron chi connectivity index (χ1n) is 13.3. The van der Waals surface area contributed by atoms with Gasteiger partial charge in [-0.1, -0.05) is 35.9 Å². The maximum atomic E-state index is 15.4. The van der Waals surface area contributed by atoms with Gasteiger partial charge in [0.2, 0.25) is 0 Å². The SMILES string of the molecule is CC(C)n1nc(-c2ccc(NS(=O)(=O)c3ccccc3Cl)c(F)c2)c2c(N)ncc(C3=CCC(NCCF)CC3)c21. The summed E-state index contributed by atoms with van der Waals surface area (Å²) >= 11 is 6.05. The van der Waals surface area contributed by atoms with Gasteiger partial charge in [-0.2, -0.15) is 5.10 Å². The normalized spacial score (nSPS) is 15.9. The summed E-state index contributed by atoms with van der Waals surface area (Å²) in [7, 11) is -4.12. The van der Waals surface area contributed by atoms with Crippen molar-refractivity contribution in [3.63, 3.8) is 0 Å². The first kappa shape index (κ1) is 29.0. The van der Waals surface area contributed by atoms with Gasteiger partial charge in [-0.25, -0.2) is 22.2 Å². The number of nitrogens with two attached hydrogens (primary N) is 1. The average molecular weight is 601 g/mol. The van der Waals surface area contributed by atoms with Crippen molar-refractivity contribution < 1.29 is 17.2 Å². The second-order valence-electron chi connectivity index (χ2n) is 10.2. The van der Waals surface area contributed by atoms with Gasteiger partial charge in [0.25, 0.3) is 10.0 Å². The highest BCUT2D eigenvalue weighted by atomic mass is 35.5. The minimum absolute atomic E-state index is 0.0288. The molecule has 0 spiro atoms. The molecule has 8 nitrogen and oxygen atoms in total. The van der Waals surface area contributed by atoms with E-state index >= 15 is 4.39 Å². The molecular formula is C29H31ClF2N6O2S. The zero-order valence-corrected chi connectivity index (χ0v) is 24.2. The standard InChI is InChI=1S/C29H31ClF2N6O2S/c1-17(2)38-28-21(18-7-10-20(11-8-18)34-14-13-31)16-35-29(33)26(28)27(36-38)19-9-12-24(23(32)15-19)37-41(39,40)25-6-4-3-5-22(25)30/h3-7,9,12,15-17,20,34,37H,8,10-11,13-14H2,1-2H3,(H2,33,35). The first-order valence-corrected chi connectivity index (χ1v) is 15.2. The second-order valence-corrected chi connectivity index (χ2v) is 12.3. The van der Waals surface area contributed by atoms with Crippen LogP contribution in [0.3, 0.4) is 0 Å². The number of benzene rings is 2. The molecule has 0 saturated heterocycles. The van der Waals surface area contributed by atoms with Crippen molar-refractivity contribution in [2.75, 3.05) is 23.7 Å². The summed E-state index contributed by atoms with van der Waals surface area (Å²) in [5.41, 5.74) is 9.82. The number of nitrogens with one attached hydrogen (secondary N) is 2. The highest BCUT2D eigenvalue weighted by molar-refractivity contribution is 7.92. The summed E-state index contributed by atoms with van der Waals surface area (Å²) in [6.45, 7) is 3.93. The monoisotopic (exact) mass is 600 g/mol. The molecule has 0 radical (unpaired) electrons. The van der Waals surface area contributed by atoms with Crippen LogP contribution in [-0.4, -0.2) is 42.4 Å². The topological polar surface area (TPSA) is 115 Å². The Labute approximate surface area is 242 Å². The van der Waals surface area contributed by atoms with E-state index in [2.05, 4.69) is 21.1 Å². The Morgan fingerprint density at radius 1 is 1.22 bits per heavy atom. The molecule has 5 rings (SSSR count). The van der Waals surface area contributed by atoms with Gasteiger partial charge < -0.3 is 11.1 Å².